The average Bonchev–Trinajstić information content (AvgIpc) is 2.51. The Bertz CT molecular complexity index is 164. The van der Waals surface area contributed by atoms with Crippen molar-refractivity contribution in [1.82, 2.24) is 0 Å². The van der Waals surface area contributed by atoms with Gasteiger partial charge in [0.2, 0.25) is 6.86 Å². The summed E-state index contributed by atoms with van der Waals surface area (Å²) in [7, 11) is 0.500. The summed E-state index contributed by atoms with van der Waals surface area (Å²) in [5.41, 5.74) is 0. The van der Waals surface area contributed by atoms with Gasteiger partial charge in [0, 0.05) is 0 Å². The molecule has 156 valence electrons. The van der Waals surface area contributed by atoms with E-state index in [1.807, 2.05) is 0 Å². The first-order valence-electron chi connectivity index (χ1n) is 6.77. The lowest BCUT2D eigenvalue weighted by Gasteiger charge is -2.20. The number of hydrogen-bond acceptors (Lipinski definition) is 3. The summed E-state index contributed by atoms with van der Waals surface area (Å²) in [5, 5.41) is 0. The molecule has 1 atom stereocenters. The van der Waals surface area contributed by atoms with Crippen molar-refractivity contribution < 1.29 is 50.3 Å². The third-order valence-corrected chi connectivity index (χ3v) is 1.26. The van der Waals surface area contributed by atoms with E-state index in [1.165, 1.54) is 20.3 Å². The van der Waals surface area contributed by atoms with Gasteiger partial charge in [-0.2, -0.15) is 18.7 Å². The standard InChI is InChI=1S/C6H11F3O2.C3H8.C2H5F.CH2F2O.CH3F.FH/c1-3-10-6(7,8)5(2)4-11-9;1-3-2;1-2-3;2-1-4-3;1-2;/h5H,3-4H2,1-2H3;3H2,1-2H3;2H2,1H3;1H2;1H3;1H. The molecular weight excluding hydrogens is 356 g/mol. The molecule has 24 heavy (non-hydrogen) atoms. The van der Waals surface area contributed by atoms with E-state index in [9.17, 15) is 31.0 Å². The summed E-state index contributed by atoms with van der Waals surface area (Å²) < 4.78 is 80.0. The first kappa shape index (κ1) is 38.7. The van der Waals surface area contributed by atoms with Crippen LogP contribution in [0.15, 0.2) is 0 Å². The predicted octanol–water partition coefficient (Wildman–Crippen LogP) is 6.10. The van der Waals surface area contributed by atoms with Crippen LogP contribution in [0.4, 0.5) is 35.7 Å². The number of halogens is 8. The van der Waals surface area contributed by atoms with Gasteiger partial charge in [-0.1, -0.05) is 27.2 Å². The van der Waals surface area contributed by atoms with Crippen LogP contribution in [0.5, 0.6) is 0 Å². The molecule has 0 fully saturated rings. The molecule has 0 aromatic heterocycles. The van der Waals surface area contributed by atoms with E-state index in [1.54, 1.807) is 0 Å². The van der Waals surface area contributed by atoms with Crippen LogP contribution in [0.3, 0.4) is 0 Å². The Balaban J connectivity index is -0.0000000520. The molecule has 11 heteroatoms. The van der Waals surface area contributed by atoms with Crippen LogP contribution < -0.4 is 0 Å². The summed E-state index contributed by atoms with van der Waals surface area (Å²) in [6, 6.07) is 0. The highest BCUT2D eigenvalue weighted by molar-refractivity contribution is 4.61. The maximum atomic E-state index is 12.5. The van der Waals surface area contributed by atoms with E-state index in [4.69, 9.17) is 0 Å². The fourth-order valence-corrected chi connectivity index (χ4v) is 0.526. The van der Waals surface area contributed by atoms with Gasteiger partial charge >= 0.3 is 6.11 Å². The lowest BCUT2D eigenvalue weighted by molar-refractivity contribution is -0.287. The SMILES string of the molecule is CCC.CCF.CCOC(F)(F)C(C)COF.CF.F.FCOF. The third-order valence-electron chi connectivity index (χ3n) is 1.26. The molecule has 0 amide bonds. The van der Waals surface area contributed by atoms with Crippen molar-refractivity contribution in [2.75, 3.05) is 33.9 Å². The van der Waals surface area contributed by atoms with Gasteiger partial charge in [0.15, 0.2) is 0 Å². The smallest absolute Gasteiger partial charge is 0.321 e. The molecule has 0 aromatic carbocycles. The summed E-state index contributed by atoms with van der Waals surface area (Å²) in [6.07, 6.45) is -2.05. The maximum Gasteiger partial charge on any atom is 0.360 e. The van der Waals surface area contributed by atoms with Gasteiger partial charge in [-0.25, -0.2) is 4.39 Å². The fourth-order valence-electron chi connectivity index (χ4n) is 0.526. The van der Waals surface area contributed by atoms with Crippen LogP contribution in [0, 0.1) is 5.92 Å². The topological polar surface area (TPSA) is 27.7 Å². The average molecular weight is 386 g/mol. The molecule has 3 nitrogen and oxygen atoms in total. The Hall–Kier alpha value is -0.680. The van der Waals surface area contributed by atoms with Gasteiger partial charge < -0.3 is 4.74 Å². The second-order valence-electron chi connectivity index (χ2n) is 3.36. The van der Waals surface area contributed by atoms with Crippen molar-refractivity contribution in [2.45, 2.75) is 47.1 Å². The normalized spacial score (nSPS) is 9.88. The first-order chi connectivity index (χ1) is 10.8. The van der Waals surface area contributed by atoms with E-state index >= 15 is 0 Å². The largest absolute Gasteiger partial charge is 0.360 e. The zero-order valence-electron chi connectivity index (χ0n) is 14.9. The zero-order chi connectivity index (χ0) is 19.7. The van der Waals surface area contributed by atoms with Gasteiger partial charge in [-0.3, -0.25) is 13.5 Å². The monoisotopic (exact) mass is 386 g/mol. The van der Waals surface area contributed by atoms with Gasteiger partial charge in [0.05, 0.1) is 33.0 Å². The van der Waals surface area contributed by atoms with E-state index in [0.29, 0.717) is 7.18 Å². The van der Waals surface area contributed by atoms with Crippen molar-refractivity contribution in [3.63, 3.8) is 0 Å². The van der Waals surface area contributed by atoms with E-state index in [2.05, 4.69) is 28.5 Å². The quantitative estimate of drug-likeness (QED) is 0.517. The molecule has 0 heterocycles. The molecule has 0 rings (SSSR count). The van der Waals surface area contributed by atoms with E-state index in [0.717, 1.165) is 6.92 Å². The summed E-state index contributed by atoms with van der Waals surface area (Å²) in [5.74, 6) is -1.27. The number of alkyl halides is 5. The Morgan fingerprint density at radius 1 is 0.917 bits per heavy atom. The Labute approximate surface area is 138 Å². The van der Waals surface area contributed by atoms with Gasteiger partial charge in [-0.05, 0) is 22.9 Å². The second kappa shape index (κ2) is 38.1. The molecule has 0 aliphatic carbocycles. The van der Waals surface area contributed by atoms with Gasteiger partial charge in [-0.15, -0.1) is 0 Å². The summed E-state index contributed by atoms with van der Waals surface area (Å²) in [6.45, 7) is 5.93. The van der Waals surface area contributed by atoms with Crippen LogP contribution >= 0.6 is 0 Å². The molecule has 0 radical (unpaired) electrons. The van der Waals surface area contributed by atoms with Gasteiger partial charge in [0.1, 0.15) is 0 Å². The highest BCUT2D eigenvalue weighted by atomic mass is 19.3. The molecule has 0 aromatic rings. The number of rotatable bonds is 6. The van der Waals surface area contributed by atoms with Crippen molar-refractivity contribution in [3.8, 4) is 0 Å². The Morgan fingerprint density at radius 2 is 1.21 bits per heavy atom. The molecule has 0 saturated carbocycles. The van der Waals surface area contributed by atoms with Crippen molar-refractivity contribution >= 4 is 0 Å². The Morgan fingerprint density at radius 3 is 1.38 bits per heavy atom. The van der Waals surface area contributed by atoms with Gasteiger partial charge in [0.25, 0.3) is 0 Å². The van der Waals surface area contributed by atoms with Crippen LogP contribution in [0.1, 0.15) is 41.0 Å². The Kier molecular flexibility index (Phi) is 61.5. The summed E-state index contributed by atoms with van der Waals surface area (Å²) in [4.78, 5) is 5.45. The molecule has 1 unspecified atom stereocenters. The number of hydrogen-bond donors (Lipinski definition) is 0. The minimum Gasteiger partial charge on any atom is -0.321 e. The molecule has 0 bridgehead atoms. The highest BCUT2D eigenvalue weighted by Gasteiger charge is 2.37. The molecule has 0 aliphatic heterocycles. The predicted molar refractivity (Wildman–Crippen MR) is 78.1 cm³/mol. The minimum absolute atomic E-state index is 0. The maximum absolute atomic E-state index is 12.5. The van der Waals surface area contributed by atoms with E-state index in [-0.39, 0.29) is 18.0 Å². The molecular formula is C13H30F8O3. The fraction of sp³-hybridized carbons (Fsp3) is 1.00. The lowest BCUT2D eigenvalue weighted by Crippen LogP contribution is -2.32. The van der Waals surface area contributed by atoms with Crippen LogP contribution in [0.2, 0.25) is 0 Å². The van der Waals surface area contributed by atoms with Crippen LogP contribution in [0.25, 0.3) is 0 Å². The molecule has 0 N–H and O–H groups in total. The summed E-state index contributed by atoms with van der Waals surface area (Å²) >= 11 is 0. The third kappa shape index (κ3) is 49.6. The van der Waals surface area contributed by atoms with Crippen LogP contribution in [-0.2, 0) is 14.6 Å². The highest BCUT2D eigenvalue weighted by Crippen LogP contribution is 2.25. The van der Waals surface area contributed by atoms with Crippen molar-refractivity contribution in [2.24, 2.45) is 5.92 Å². The lowest BCUT2D eigenvalue weighted by atomic mass is 10.2. The molecule has 0 aliphatic rings. The minimum atomic E-state index is -3.30. The first-order valence-corrected chi connectivity index (χ1v) is 6.77. The van der Waals surface area contributed by atoms with Crippen molar-refractivity contribution in [1.29, 1.82) is 0 Å². The molecule has 0 spiro atoms. The van der Waals surface area contributed by atoms with E-state index < -0.39 is 25.5 Å². The number of ether oxygens (including phenoxy) is 1. The van der Waals surface area contributed by atoms with Crippen molar-refractivity contribution in [3.05, 3.63) is 0 Å². The van der Waals surface area contributed by atoms with Crippen LogP contribution in [-0.4, -0.2) is 40.0 Å². The zero-order valence-corrected chi connectivity index (χ0v) is 14.9. The molecule has 0 saturated heterocycles. The second-order valence-corrected chi connectivity index (χ2v) is 3.36.